The molecule has 0 bridgehead atoms. The second-order valence-electron chi connectivity index (χ2n) is 6.82. The number of pyridine rings is 1. The zero-order valence-electron chi connectivity index (χ0n) is 13.6. The Kier molecular flexibility index (Phi) is 5.52. The molecule has 0 aromatic carbocycles. The summed E-state index contributed by atoms with van der Waals surface area (Å²) in [4.78, 5) is 19.6. The largest absolute Gasteiger partial charge is 0.335 e. The van der Waals surface area contributed by atoms with Crippen LogP contribution in [0.4, 0.5) is 4.39 Å². The van der Waals surface area contributed by atoms with Crippen molar-refractivity contribution in [1.82, 2.24) is 9.88 Å². The molecule has 1 saturated heterocycles. The van der Waals surface area contributed by atoms with Crippen LogP contribution >= 0.6 is 11.3 Å². The van der Waals surface area contributed by atoms with Crippen molar-refractivity contribution in [2.75, 3.05) is 6.54 Å². The maximum atomic E-state index is 13.3. The van der Waals surface area contributed by atoms with Gasteiger partial charge in [0.25, 0.3) is 5.91 Å². The fourth-order valence-electron chi connectivity index (χ4n) is 4.20. The first-order chi connectivity index (χ1) is 11.7. The number of piperidine rings is 1. The van der Waals surface area contributed by atoms with Gasteiger partial charge in [0, 0.05) is 35.1 Å². The van der Waals surface area contributed by atoms with E-state index in [0.717, 1.165) is 35.4 Å². The molecule has 1 aliphatic heterocycles. The monoisotopic (exact) mass is 360 g/mol. The Hall–Kier alpha value is -1.75. The zero-order valence-corrected chi connectivity index (χ0v) is 14.4. The molecule has 2 aliphatic rings. The highest BCUT2D eigenvalue weighted by atomic mass is 32.1. The van der Waals surface area contributed by atoms with Crippen molar-refractivity contribution in [3.05, 3.63) is 41.3 Å². The van der Waals surface area contributed by atoms with Crippen molar-refractivity contribution in [3.8, 4) is 10.4 Å². The van der Waals surface area contributed by atoms with Gasteiger partial charge in [-0.1, -0.05) is 20.3 Å². The van der Waals surface area contributed by atoms with Crippen molar-refractivity contribution in [3.63, 3.8) is 0 Å². The van der Waals surface area contributed by atoms with Crippen LogP contribution in [0.3, 0.4) is 0 Å². The highest BCUT2D eigenvalue weighted by Crippen LogP contribution is 2.36. The summed E-state index contributed by atoms with van der Waals surface area (Å²) in [5.41, 5.74) is 1.51. The topological polar surface area (TPSA) is 33.2 Å². The summed E-state index contributed by atoms with van der Waals surface area (Å²) in [5, 5.41) is 1.91. The molecule has 0 spiro atoms. The summed E-state index contributed by atoms with van der Waals surface area (Å²) >= 11 is 1.49. The smallest absolute Gasteiger partial charge is 0.254 e. The molecular formula is C20H25FN2OS. The number of thiophene rings is 1. The first kappa shape index (κ1) is 18.1. The number of likely N-dealkylation sites (tertiary alicyclic amines) is 1. The van der Waals surface area contributed by atoms with Crippen molar-refractivity contribution in [2.24, 2.45) is 5.92 Å². The lowest BCUT2D eigenvalue weighted by Crippen LogP contribution is -2.49. The second kappa shape index (κ2) is 7.65. The molecule has 2 aromatic rings. The quantitative estimate of drug-likeness (QED) is 0.674. The molecule has 3 heterocycles. The zero-order chi connectivity index (χ0) is 16.5. The van der Waals surface area contributed by atoms with E-state index in [-0.39, 0.29) is 13.3 Å². The molecule has 1 saturated carbocycles. The minimum absolute atomic E-state index is 0. The van der Waals surface area contributed by atoms with Gasteiger partial charge in [-0.2, -0.15) is 4.39 Å². The van der Waals surface area contributed by atoms with Crippen LogP contribution in [0.1, 0.15) is 56.3 Å². The highest BCUT2D eigenvalue weighted by Gasteiger charge is 2.36. The van der Waals surface area contributed by atoms with Crippen LogP contribution in [0.15, 0.2) is 29.8 Å². The maximum Gasteiger partial charge on any atom is 0.254 e. The molecule has 2 aromatic heterocycles. The number of amides is 1. The molecule has 134 valence electrons. The Labute approximate surface area is 152 Å². The number of hydrogen-bond donors (Lipinski definition) is 0. The summed E-state index contributed by atoms with van der Waals surface area (Å²) in [6.45, 7) is 0.870. The SMILES string of the molecule is C.O=C(c1csc(-c2ccnc(F)c2)c1)N1CCCC2CCCCC21. The van der Waals surface area contributed by atoms with Crippen LogP contribution < -0.4 is 0 Å². The van der Waals surface area contributed by atoms with E-state index >= 15 is 0 Å². The molecule has 0 radical (unpaired) electrons. The summed E-state index contributed by atoms with van der Waals surface area (Å²) in [6.07, 6.45) is 8.78. The average Bonchev–Trinajstić information content (AvgIpc) is 3.11. The highest BCUT2D eigenvalue weighted by molar-refractivity contribution is 7.13. The van der Waals surface area contributed by atoms with E-state index in [9.17, 15) is 9.18 Å². The van der Waals surface area contributed by atoms with Crippen LogP contribution in [-0.2, 0) is 0 Å². The van der Waals surface area contributed by atoms with Gasteiger partial charge in [-0.3, -0.25) is 4.79 Å². The van der Waals surface area contributed by atoms with Crippen LogP contribution in [-0.4, -0.2) is 28.4 Å². The predicted octanol–water partition coefficient (Wildman–Crippen LogP) is 5.38. The van der Waals surface area contributed by atoms with Gasteiger partial charge in [0.05, 0.1) is 5.56 Å². The summed E-state index contributed by atoms with van der Waals surface area (Å²) in [5.74, 6) is 0.335. The number of carbonyl (C=O) groups is 1. The normalized spacial score (nSPS) is 22.8. The van der Waals surface area contributed by atoms with Crippen LogP contribution in [0.5, 0.6) is 0 Å². The molecule has 25 heavy (non-hydrogen) atoms. The number of carbonyl (C=O) groups excluding carboxylic acids is 1. The average molecular weight is 360 g/mol. The van der Waals surface area contributed by atoms with Crippen LogP contribution in [0.25, 0.3) is 10.4 Å². The second-order valence-corrected chi connectivity index (χ2v) is 7.73. The van der Waals surface area contributed by atoms with Crippen molar-refractivity contribution < 1.29 is 9.18 Å². The Morgan fingerprint density at radius 3 is 2.84 bits per heavy atom. The lowest BCUT2D eigenvalue weighted by atomic mass is 9.78. The molecule has 3 nitrogen and oxygen atoms in total. The standard InChI is InChI=1S/C19H21FN2OS.CH4/c20-18-11-14(7-8-21-18)17-10-15(12-24-17)19(23)22-9-3-5-13-4-1-2-6-16(13)22;/h7-8,10-13,16H,1-6,9H2;1H4. The summed E-state index contributed by atoms with van der Waals surface area (Å²) in [6, 6.07) is 5.51. The van der Waals surface area contributed by atoms with Gasteiger partial charge in [0.15, 0.2) is 0 Å². The van der Waals surface area contributed by atoms with Gasteiger partial charge < -0.3 is 4.90 Å². The summed E-state index contributed by atoms with van der Waals surface area (Å²) < 4.78 is 13.3. The summed E-state index contributed by atoms with van der Waals surface area (Å²) in [7, 11) is 0. The Balaban J connectivity index is 0.00000182. The van der Waals surface area contributed by atoms with Crippen LogP contribution in [0.2, 0.25) is 0 Å². The third-order valence-corrected chi connectivity index (χ3v) is 6.34. The number of halogens is 1. The van der Waals surface area contributed by atoms with E-state index in [4.69, 9.17) is 0 Å². The van der Waals surface area contributed by atoms with E-state index < -0.39 is 5.95 Å². The molecule has 1 amide bonds. The van der Waals surface area contributed by atoms with E-state index in [1.54, 1.807) is 6.07 Å². The number of aromatic nitrogens is 1. The molecule has 2 fully saturated rings. The van der Waals surface area contributed by atoms with Gasteiger partial charge in [0.2, 0.25) is 5.95 Å². The molecule has 2 unspecified atom stereocenters. The van der Waals surface area contributed by atoms with E-state index in [2.05, 4.69) is 9.88 Å². The number of hydrogen-bond acceptors (Lipinski definition) is 3. The molecule has 2 atom stereocenters. The van der Waals surface area contributed by atoms with Gasteiger partial charge in [-0.15, -0.1) is 11.3 Å². The Morgan fingerprint density at radius 2 is 2.00 bits per heavy atom. The third kappa shape index (κ3) is 3.61. The Bertz CT molecular complexity index is 743. The number of fused-ring (bicyclic) bond motifs is 1. The first-order valence-corrected chi connectivity index (χ1v) is 9.62. The third-order valence-electron chi connectivity index (χ3n) is 5.36. The van der Waals surface area contributed by atoms with Gasteiger partial charge in [0.1, 0.15) is 0 Å². The lowest BCUT2D eigenvalue weighted by molar-refractivity contribution is 0.0391. The molecular weight excluding hydrogens is 335 g/mol. The van der Waals surface area contributed by atoms with E-state index in [1.807, 2.05) is 11.4 Å². The van der Waals surface area contributed by atoms with Crippen molar-refractivity contribution in [1.29, 1.82) is 0 Å². The van der Waals surface area contributed by atoms with E-state index in [0.29, 0.717) is 12.0 Å². The van der Waals surface area contributed by atoms with Gasteiger partial charge >= 0.3 is 0 Å². The number of rotatable bonds is 2. The lowest BCUT2D eigenvalue weighted by Gasteiger charge is -2.44. The maximum absolute atomic E-state index is 13.3. The first-order valence-electron chi connectivity index (χ1n) is 8.74. The van der Waals surface area contributed by atoms with Crippen molar-refractivity contribution >= 4 is 17.2 Å². The van der Waals surface area contributed by atoms with Crippen LogP contribution in [0, 0.1) is 11.9 Å². The van der Waals surface area contributed by atoms with Gasteiger partial charge in [-0.25, -0.2) is 4.98 Å². The minimum atomic E-state index is -0.491. The Morgan fingerprint density at radius 1 is 1.20 bits per heavy atom. The van der Waals surface area contributed by atoms with Crippen molar-refractivity contribution in [2.45, 2.75) is 52.0 Å². The predicted molar refractivity (Wildman–Crippen MR) is 100 cm³/mol. The fourth-order valence-corrected chi connectivity index (χ4v) is 5.08. The molecule has 0 N–H and O–H groups in total. The fraction of sp³-hybridized carbons (Fsp3) is 0.500. The van der Waals surface area contributed by atoms with E-state index in [1.165, 1.54) is 49.3 Å². The molecule has 4 rings (SSSR count). The van der Waals surface area contributed by atoms with Gasteiger partial charge in [-0.05, 0) is 49.3 Å². The molecule has 1 aliphatic carbocycles. The minimum Gasteiger partial charge on any atom is -0.335 e. The number of nitrogens with zero attached hydrogens (tertiary/aromatic N) is 2. The molecule has 5 heteroatoms.